The van der Waals surface area contributed by atoms with Crippen molar-refractivity contribution in [2.75, 3.05) is 45.2 Å². The van der Waals surface area contributed by atoms with E-state index in [1.807, 2.05) is 4.90 Å². The molecule has 0 spiro atoms. The van der Waals surface area contributed by atoms with Crippen molar-refractivity contribution in [3.8, 4) is 0 Å². The minimum Gasteiger partial charge on any atom is -0.356 e. The fourth-order valence-electron chi connectivity index (χ4n) is 3.93. The topological polar surface area (TPSA) is 68.8 Å². The third-order valence-electron chi connectivity index (χ3n) is 5.76. The Kier molecular flexibility index (Phi) is 6.72. The number of likely N-dealkylation sites (tertiary alicyclic amines) is 1. The number of nitrogens with one attached hydrogen (secondary N) is 1. The molecule has 0 aliphatic carbocycles. The molecule has 3 rings (SSSR count). The van der Waals surface area contributed by atoms with Crippen LogP contribution in [0.25, 0.3) is 0 Å². The van der Waals surface area contributed by atoms with Crippen molar-refractivity contribution < 1.29 is 22.8 Å². The number of piperidine rings is 2. The van der Waals surface area contributed by atoms with Gasteiger partial charge in [-0.05, 0) is 37.8 Å². The number of amides is 3. The van der Waals surface area contributed by atoms with Gasteiger partial charge in [-0.1, -0.05) is 0 Å². The Hall–Kier alpha value is -2.52. The highest BCUT2D eigenvalue weighted by molar-refractivity contribution is 5.80. The predicted molar refractivity (Wildman–Crippen MR) is 106 cm³/mol. The minimum absolute atomic E-state index is 0.0260. The summed E-state index contributed by atoms with van der Waals surface area (Å²) in [4.78, 5) is 33.8. The van der Waals surface area contributed by atoms with Gasteiger partial charge < -0.3 is 20.0 Å². The number of urea groups is 1. The van der Waals surface area contributed by atoms with E-state index >= 15 is 0 Å². The van der Waals surface area contributed by atoms with Gasteiger partial charge in [0, 0.05) is 58.4 Å². The quantitative estimate of drug-likeness (QED) is 0.805. The molecule has 1 N–H and O–H groups in total. The van der Waals surface area contributed by atoms with E-state index in [4.69, 9.17) is 0 Å². The van der Waals surface area contributed by atoms with Crippen LogP contribution in [0, 0.1) is 5.92 Å². The Labute approximate surface area is 174 Å². The van der Waals surface area contributed by atoms with Gasteiger partial charge in [0.25, 0.3) is 0 Å². The van der Waals surface area contributed by atoms with E-state index in [0.29, 0.717) is 57.7 Å². The molecule has 0 atom stereocenters. The summed E-state index contributed by atoms with van der Waals surface area (Å²) in [5.41, 5.74) is -0.758. The van der Waals surface area contributed by atoms with Crippen molar-refractivity contribution in [2.24, 2.45) is 5.92 Å². The zero-order chi connectivity index (χ0) is 21.9. The van der Waals surface area contributed by atoms with Crippen molar-refractivity contribution in [3.63, 3.8) is 0 Å². The number of aromatic nitrogens is 1. The molecule has 0 bridgehead atoms. The van der Waals surface area contributed by atoms with Crippen LogP contribution in [-0.4, -0.2) is 73.0 Å². The molecular weight excluding hydrogens is 399 g/mol. The maximum absolute atomic E-state index is 12.7. The van der Waals surface area contributed by atoms with Crippen molar-refractivity contribution >= 4 is 17.8 Å². The number of hydrogen-bond acceptors (Lipinski definition) is 4. The molecule has 1 aromatic rings. The fraction of sp³-hybridized carbons (Fsp3) is 0.650. The van der Waals surface area contributed by atoms with Crippen LogP contribution in [0.5, 0.6) is 0 Å². The van der Waals surface area contributed by atoms with Gasteiger partial charge in [-0.25, -0.2) is 9.78 Å². The van der Waals surface area contributed by atoms with Crippen molar-refractivity contribution in [1.82, 2.24) is 20.1 Å². The Morgan fingerprint density at radius 3 is 2.20 bits per heavy atom. The Balaban J connectivity index is 1.44. The van der Waals surface area contributed by atoms with E-state index in [1.165, 1.54) is 6.07 Å². The first kappa shape index (κ1) is 22.2. The summed E-state index contributed by atoms with van der Waals surface area (Å²) in [6, 6.07) is 2.46. The van der Waals surface area contributed by atoms with Crippen LogP contribution in [-0.2, 0) is 11.0 Å². The lowest BCUT2D eigenvalue weighted by atomic mass is 9.95. The van der Waals surface area contributed by atoms with E-state index in [0.717, 1.165) is 12.3 Å². The van der Waals surface area contributed by atoms with Gasteiger partial charge >= 0.3 is 12.2 Å². The number of pyridine rings is 1. The molecule has 10 heteroatoms. The number of alkyl halides is 3. The summed E-state index contributed by atoms with van der Waals surface area (Å²) in [5.74, 6) is 0.453. The molecule has 2 aliphatic heterocycles. The summed E-state index contributed by atoms with van der Waals surface area (Å²) in [7, 11) is 3.43. The van der Waals surface area contributed by atoms with E-state index in [1.54, 1.807) is 23.9 Å². The molecular formula is C20H28F3N5O2. The fourth-order valence-corrected chi connectivity index (χ4v) is 3.93. The third kappa shape index (κ3) is 5.34. The Morgan fingerprint density at radius 1 is 1.07 bits per heavy atom. The number of carbonyl (C=O) groups excluding carboxylic acids is 2. The second kappa shape index (κ2) is 9.09. The molecule has 3 amide bonds. The highest BCUT2D eigenvalue weighted by Crippen LogP contribution is 2.30. The first-order chi connectivity index (χ1) is 14.1. The van der Waals surface area contributed by atoms with Gasteiger partial charge in [0.15, 0.2) is 0 Å². The zero-order valence-electron chi connectivity index (χ0n) is 17.3. The van der Waals surface area contributed by atoms with Crippen LogP contribution in [0.4, 0.5) is 23.8 Å². The largest absolute Gasteiger partial charge is 0.417 e. The van der Waals surface area contributed by atoms with Crippen LogP contribution in [0.15, 0.2) is 18.3 Å². The van der Waals surface area contributed by atoms with Gasteiger partial charge in [-0.3, -0.25) is 4.79 Å². The molecule has 2 aliphatic rings. The average molecular weight is 427 g/mol. The molecule has 166 valence electrons. The summed E-state index contributed by atoms with van der Waals surface area (Å²) in [5, 5.41) is 3.11. The average Bonchev–Trinajstić information content (AvgIpc) is 2.73. The van der Waals surface area contributed by atoms with Crippen molar-refractivity contribution in [1.29, 1.82) is 0 Å². The number of anilines is 1. The molecule has 2 fully saturated rings. The van der Waals surface area contributed by atoms with Gasteiger partial charge in [0.05, 0.1) is 5.56 Å². The number of rotatable bonds is 3. The molecule has 0 aromatic carbocycles. The standard InChI is InChI=1S/C20H28F3N5O2/c1-26(2)19(30)28-9-5-14(6-10-28)18(29)25-16-7-11-27(12-8-16)17-4-3-15(13-24-17)20(21,22)23/h3-4,13-14,16H,5-12H2,1-2H3,(H,25,29). The number of carbonyl (C=O) groups is 2. The maximum atomic E-state index is 12.7. The molecule has 7 nitrogen and oxygen atoms in total. The van der Waals surface area contributed by atoms with Crippen molar-refractivity contribution in [3.05, 3.63) is 23.9 Å². The highest BCUT2D eigenvalue weighted by Gasteiger charge is 2.32. The summed E-state index contributed by atoms with van der Waals surface area (Å²) >= 11 is 0. The second-order valence-corrected chi connectivity index (χ2v) is 8.11. The number of hydrogen-bond donors (Lipinski definition) is 1. The number of halogens is 3. The van der Waals surface area contributed by atoms with Gasteiger partial charge in [-0.2, -0.15) is 13.2 Å². The lowest BCUT2D eigenvalue weighted by Crippen LogP contribution is -2.49. The van der Waals surface area contributed by atoms with Crippen LogP contribution < -0.4 is 10.2 Å². The van der Waals surface area contributed by atoms with E-state index in [-0.39, 0.29) is 23.9 Å². The van der Waals surface area contributed by atoms with Crippen LogP contribution >= 0.6 is 0 Å². The lowest BCUT2D eigenvalue weighted by molar-refractivity contribution is -0.137. The van der Waals surface area contributed by atoms with Crippen LogP contribution in [0.1, 0.15) is 31.2 Å². The summed E-state index contributed by atoms with van der Waals surface area (Å²) in [6.45, 7) is 2.40. The third-order valence-corrected chi connectivity index (χ3v) is 5.76. The first-order valence-electron chi connectivity index (χ1n) is 10.2. The maximum Gasteiger partial charge on any atom is 0.417 e. The summed E-state index contributed by atoms with van der Waals surface area (Å²) in [6.07, 6.45) is -0.798. The minimum atomic E-state index is -4.39. The molecule has 0 radical (unpaired) electrons. The molecule has 30 heavy (non-hydrogen) atoms. The first-order valence-corrected chi connectivity index (χ1v) is 10.2. The molecule has 0 saturated carbocycles. The smallest absolute Gasteiger partial charge is 0.356 e. The molecule has 2 saturated heterocycles. The molecule has 3 heterocycles. The van der Waals surface area contributed by atoms with Crippen molar-refractivity contribution in [2.45, 2.75) is 37.9 Å². The van der Waals surface area contributed by atoms with Crippen LogP contribution in [0.3, 0.4) is 0 Å². The van der Waals surface area contributed by atoms with Gasteiger partial charge in [0.2, 0.25) is 5.91 Å². The van der Waals surface area contributed by atoms with Gasteiger partial charge in [-0.15, -0.1) is 0 Å². The number of nitrogens with zero attached hydrogens (tertiary/aromatic N) is 4. The summed E-state index contributed by atoms with van der Waals surface area (Å²) < 4.78 is 38.0. The molecule has 1 aromatic heterocycles. The second-order valence-electron chi connectivity index (χ2n) is 8.11. The van der Waals surface area contributed by atoms with Gasteiger partial charge in [0.1, 0.15) is 5.82 Å². The Bertz CT molecular complexity index is 738. The monoisotopic (exact) mass is 427 g/mol. The normalized spacial score (nSPS) is 19.0. The molecule has 0 unspecified atom stereocenters. The predicted octanol–water partition coefficient (Wildman–Crippen LogP) is 2.58. The SMILES string of the molecule is CN(C)C(=O)N1CCC(C(=O)NC2CCN(c3ccc(C(F)(F)F)cn3)CC2)CC1. The lowest BCUT2D eigenvalue weighted by Gasteiger charge is -2.36. The zero-order valence-corrected chi connectivity index (χ0v) is 17.3. The Morgan fingerprint density at radius 2 is 1.70 bits per heavy atom. The van der Waals surface area contributed by atoms with E-state index < -0.39 is 11.7 Å². The van der Waals surface area contributed by atoms with E-state index in [9.17, 15) is 22.8 Å². The van der Waals surface area contributed by atoms with E-state index in [2.05, 4.69) is 10.3 Å². The highest BCUT2D eigenvalue weighted by atomic mass is 19.4. The van der Waals surface area contributed by atoms with Crippen LogP contribution in [0.2, 0.25) is 0 Å².